The van der Waals surface area contributed by atoms with Crippen molar-refractivity contribution >= 4 is 11.9 Å². The minimum atomic E-state index is -0.902. The van der Waals surface area contributed by atoms with E-state index in [4.69, 9.17) is 4.74 Å². The average Bonchev–Trinajstić information content (AvgIpc) is 3.03. The maximum absolute atomic E-state index is 11.5. The second kappa shape index (κ2) is 8.13. The first-order chi connectivity index (χ1) is 14.1. The predicted molar refractivity (Wildman–Crippen MR) is 114 cm³/mol. The third-order valence-electron chi connectivity index (χ3n) is 10.5. The Bertz CT molecular complexity index is 674. The number of carbonyl (C=O) groups excluding carboxylic acids is 2. The van der Waals surface area contributed by atoms with Crippen molar-refractivity contribution in [2.24, 2.45) is 46.3 Å². The monoisotopic (exact) mass is 417 g/mol. The highest BCUT2D eigenvalue weighted by Gasteiger charge is 2.60. The third-order valence-corrected chi connectivity index (χ3v) is 10.5. The van der Waals surface area contributed by atoms with Crippen molar-refractivity contribution in [3.63, 3.8) is 0 Å². The number of fused-ring (bicyclic) bond motifs is 5. The summed E-state index contributed by atoms with van der Waals surface area (Å²) in [6.07, 6.45) is 12.2. The number of ether oxygens (including phenoxy) is 1. The van der Waals surface area contributed by atoms with Gasteiger partial charge in [0.1, 0.15) is 6.10 Å². The Kier molecular flexibility index (Phi) is 6.00. The zero-order valence-corrected chi connectivity index (χ0v) is 19.5. The summed E-state index contributed by atoms with van der Waals surface area (Å²) in [5.74, 6) is 3.24. The van der Waals surface area contributed by atoms with Crippen LogP contribution >= 0.6 is 0 Å². The van der Waals surface area contributed by atoms with E-state index < -0.39 is 5.97 Å². The summed E-state index contributed by atoms with van der Waals surface area (Å²) in [4.78, 5) is 22.4. The SMILES string of the molecule is CC(=O)O[C@@H]1CC[C@]2(C)C3CC[C@@]4(C)C(CC[C@@H]4[C@H](C)CCC(=O)[O-])C3CC[C@@H]2C1. The maximum Gasteiger partial charge on any atom is 0.302 e. The molecule has 0 spiro atoms. The molecule has 0 saturated heterocycles. The van der Waals surface area contributed by atoms with E-state index >= 15 is 0 Å². The summed E-state index contributed by atoms with van der Waals surface area (Å²) in [6, 6.07) is 0. The van der Waals surface area contributed by atoms with Crippen LogP contribution in [0.4, 0.5) is 0 Å². The van der Waals surface area contributed by atoms with Crippen LogP contribution in [0, 0.1) is 46.3 Å². The Balaban J connectivity index is 1.47. The van der Waals surface area contributed by atoms with E-state index in [0.29, 0.717) is 28.6 Å². The van der Waals surface area contributed by atoms with Gasteiger partial charge >= 0.3 is 5.97 Å². The van der Waals surface area contributed by atoms with E-state index in [1.54, 1.807) is 0 Å². The zero-order valence-electron chi connectivity index (χ0n) is 19.5. The van der Waals surface area contributed by atoms with E-state index in [0.717, 1.165) is 37.0 Å². The molecule has 4 rings (SSSR count). The fraction of sp³-hybridized carbons (Fsp3) is 0.923. The summed E-state index contributed by atoms with van der Waals surface area (Å²) >= 11 is 0. The fourth-order valence-electron chi connectivity index (χ4n) is 9.08. The highest BCUT2D eigenvalue weighted by Crippen LogP contribution is 2.68. The molecule has 170 valence electrons. The average molecular weight is 418 g/mol. The molecule has 0 N–H and O–H groups in total. The number of carboxylic acid groups (broad SMARTS) is 1. The molecule has 3 unspecified atom stereocenters. The molecule has 0 radical (unpaired) electrons. The van der Waals surface area contributed by atoms with Gasteiger partial charge in [-0.15, -0.1) is 0 Å². The van der Waals surface area contributed by atoms with E-state index in [9.17, 15) is 14.7 Å². The maximum atomic E-state index is 11.5. The summed E-state index contributed by atoms with van der Waals surface area (Å²) in [5.41, 5.74) is 0.782. The van der Waals surface area contributed by atoms with Gasteiger partial charge in [-0.2, -0.15) is 0 Å². The van der Waals surface area contributed by atoms with E-state index in [-0.39, 0.29) is 18.5 Å². The van der Waals surface area contributed by atoms with Gasteiger partial charge in [-0.25, -0.2) is 0 Å². The van der Waals surface area contributed by atoms with Crippen molar-refractivity contribution in [1.29, 1.82) is 0 Å². The Morgan fingerprint density at radius 1 is 1.00 bits per heavy atom. The first kappa shape index (κ1) is 22.1. The van der Waals surface area contributed by atoms with Crippen LogP contribution in [0.2, 0.25) is 0 Å². The van der Waals surface area contributed by atoms with Crippen molar-refractivity contribution in [2.75, 3.05) is 0 Å². The van der Waals surface area contributed by atoms with Crippen LogP contribution in [0.25, 0.3) is 0 Å². The smallest absolute Gasteiger partial charge is 0.302 e. The minimum Gasteiger partial charge on any atom is -0.550 e. The van der Waals surface area contributed by atoms with Crippen molar-refractivity contribution in [1.82, 2.24) is 0 Å². The second-order valence-corrected chi connectivity index (χ2v) is 11.8. The lowest BCUT2D eigenvalue weighted by molar-refractivity contribution is -0.306. The topological polar surface area (TPSA) is 66.4 Å². The molecule has 0 heterocycles. The van der Waals surface area contributed by atoms with Gasteiger partial charge in [-0.1, -0.05) is 20.8 Å². The molecule has 4 aliphatic rings. The van der Waals surface area contributed by atoms with E-state index in [2.05, 4.69) is 20.8 Å². The zero-order chi connectivity index (χ0) is 21.7. The molecular formula is C26H41O4-. The molecule has 0 aromatic rings. The number of aliphatic carboxylic acids is 1. The Morgan fingerprint density at radius 3 is 2.40 bits per heavy atom. The van der Waals surface area contributed by atoms with E-state index in [1.165, 1.54) is 51.9 Å². The van der Waals surface area contributed by atoms with Gasteiger partial charge in [0.15, 0.2) is 0 Å². The lowest BCUT2D eigenvalue weighted by atomic mass is 9.44. The number of hydrogen-bond acceptors (Lipinski definition) is 4. The molecular weight excluding hydrogens is 376 g/mol. The second-order valence-electron chi connectivity index (χ2n) is 11.8. The van der Waals surface area contributed by atoms with Crippen LogP contribution < -0.4 is 5.11 Å². The summed E-state index contributed by atoms with van der Waals surface area (Å²) in [5, 5.41) is 11.0. The summed E-state index contributed by atoms with van der Waals surface area (Å²) < 4.78 is 5.60. The van der Waals surface area contributed by atoms with Gasteiger partial charge in [0.05, 0.1) is 0 Å². The summed E-state index contributed by atoms with van der Waals surface area (Å²) in [6.45, 7) is 8.90. The summed E-state index contributed by atoms with van der Waals surface area (Å²) in [7, 11) is 0. The molecule has 9 atom stereocenters. The van der Waals surface area contributed by atoms with Gasteiger partial charge in [-0.05, 0) is 117 Å². The van der Waals surface area contributed by atoms with Crippen molar-refractivity contribution in [3.8, 4) is 0 Å². The van der Waals surface area contributed by atoms with Gasteiger partial charge < -0.3 is 14.6 Å². The molecule has 4 heteroatoms. The molecule has 4 aliphatic carbocycles. The predicted octanol–water partition coefficient (Wildman–Crippen LogP) is 4.74. The molecule has 30 heavy (non-hydrogen) atoms. The Labute approximate surface area is 182 Å². The highest BCUT2D eigenvalue weighted by molar-refractivity contribution is 5.66. The van der Waals surface area contributed by atoms with Crippen LogP contribution in [0.5, 0.6) is 0 Å². The Hall–Kier alpha value is -1.06. The molecule has 0 amide bonds. The van der Waals surface area contributed by atoms with Crippen LogP contribution in [-0.2, 0) is 14.3 Å². The lowest BCUT2D eigenvalue weighted by Gasteiger charge is -2.61. The van der Waals surface area contributed by atoms with Gasteiger partial charge in [0.2, 0.25) is 0 Å². The van der Waals surface area contributed by atoms with Gasteiger partial charge in [-0.3, -0.25) is 4.79 Å². The number of rotatable bonds is 5. The normalized spacial score (nSPS) is 46.3. The van der Waals surface area contributed by atoms with Crippen LogP contribution in [0.1, 0.15) is 98.3 Å². The number of esters is 1. The van der Waals surface area contributed by atoms with Crippen molar-refractivity contribution in [3.05, 3.63) is 0 Å². The van der Waals surface area contributed by atoms with Crippen LogP contribution in [0.3, 0.4) is 0 Å². The number of carboxylic acids is 1. The lowest BCUT2D eigenvalue weighted by Crippen LogP contribution is -2.54. The molecule has 0 aromatic heterocycles. The molecule has 0 aliphatic heterocycles. The molecule has 0 bridgehead atoms. The van der Waals surface area contributed by atoms with Crippen LogP contribution in [0.15, 0.2) is 0 Å². The highest BCUT2D eigenvalue weighted by atomic mass is 16.5. The number of hydrogen-bond donors (Lipinski definition) is 0. The fourth-order valence-corrected chi connectivity index (χ4v) is 9.08. The van der Waals surface area contributed by atoms with Crippen molar-refractivity contribution in [2.45, 2.75) is 104 Å². The minimum absolute atomic E-state index is 0.129. The molecule has 0 aromatic carbocycles. The largest absolute Gasteiger partial charge is 0.550 e. The molecule has 4 nitrogen and oxygen atoms in total. The van der Waals surface area contributed by atoms with Crippen molar-refractivity contribution < 1.29 is 19.4 Å². The van der Waals surface area contributed by atoms with E-state index in [1.807, 2.05) is 0 Å². The standard InChI is InChI=1S/C26H42O4/c1-16(5-10-24(28)29)21-8-9-22-20-7-6-18-15-19(30-17(2)27)11-13-25(18,3)23(20)12-14-26(21,22)4/h16,18-23H,5-15H2,1-4H3,(H,28,29)/p-1/t16-,18-,19-,20?,21-,22?,23?,25+,26-/m1/s1. The van der Waals surface area contributed by atoms with Gasteiger partial charge in [0, 0.05) is 12.9 Å². The van der Waals surface area contributed by atoms with Gasteiger partial charge in [0.25, 0.3) is 0 Å². The number of carbonyl (C=O) groups is 2. The first-order valence-electron chi connectivity index (χ1n) is 12.5. The third kappa shape index (κ3) is 3.71. The molecule has 4 saturated carbocycles. The van der Waals surface area contributed by atoms with Crippen LogP contribution in [-0.4, -0.2) is 18.0 Å². The molecule has 4 fully saturated rings. The quantitative estimate of drug-likeness (QED) is 0.606. The Morgan fingerprint density at radius 2 is 1.70 bits per heavy atom. The first-order valence-corrected chi connectivity index (χ1v) is 12.5.